The Bertz CT molecular complexity index is 752. The number of allylic oxidation sites excluding steroid dienone is 1. The summed E-state index contributed by atoms with van der Waals surface area (Å²) in [6, 6.07) is 14.7. The molecule has 0 aliphatic carbocycles. The lowest BCUT2D eigenvalue weighted by atomic mass is 10.1. The third kappa shape index (κ3) is 2.37. The second-order valence-electron chi connectivity index (χ2n) is 5.03. The van der Waals surface area contributed by atoms with E-state index in [0.717, 1.165) is 17.8 Å². The van der Waals surface area contributed by atoms with Gasteiger partial charge in [0.15, 0.2) is 0 Å². The van der Waals surface area contributed by atoms with E-state index in [4.69, 9.17) is 0 Å². The highest BCUT2D eigenvalue weighted by Gasteiger charge is 2.05. The highest BCUT2D eigenvalue weighted by atomic mass is 15.0. The molecule has 2 nitrogen and oxygen atoms in total. The Hall–Kier alpha value is -2.35. The minimum absolute atomic E-state index is 0.945. The predicted octanol–water partition coefficient (Wildman–Crippen LogP) is 4.21. The van der Waals surface area contributed by atoms with Crippen molar-refractivity contribution in [2.24, 2.45) is 0 Å². The maximum Gasteiger partial charge on any atom is 0.144 e. The monoisotopic (exact) mass is 262 g/mol. The Morgan fingerprint density at radius 1 is 1.05 bits per heavy atom. The average molecular weight is 262 g/mol. The Kier molecular flexibility index (Phi) is 3.38. The summed E-state index contributed by atoms with van der Waals surface area (Å²) in [6.45, 7) is 4.16. The number of rotatable bonds is 3. The number of imidazole rings is 1. The molecule has 3 rings (SSSR count). The molecule has 2 heteroatoms. The molecule has 0 saturated heterocycles. The van der Waals surface area contributed by atoms with Crippen LogP contribution in [-0.4, -0.2) is 9.38 Å². The van der Waals surface area contributed by atoms with Gasteiger partial charge in [-0.15, -0.1) is 0 Å². The van der Waals surface area contributed by atoms with Crippen molar-refractivity contribution in [3.8, 4) is 0 Å². The fourth-order valence-corrected chi connectivity index (χ4v) is 2.39. The van der Waals surface area contributed by atoms with E-state index in [1.165, 1.54) is 16.8 Å². The third-order valence-corrected chi connectivity index (χ3v) is 3.65. The number of fused-ring (bicyclic) bond motifs is 1. The molecular formula is C18H18N2. The summed E-state index contributed by atoms with van der Waals surface area (Å²) in [7, 11) is 0. The summed E-state index contributed by atoms with van der Waals surface area (Å²) >= 11 is 0. The van der Waals surface area contributed by atoms with Crippen LogP contribution in [-0.2, 0) is 6.42 Å². The van der Waals surface area contributed by atoms with Crippen LogP contribution in [0.25, 0.3) is 11.7 Å². The number of nitrogens with zero attached hydrogens (tertiary/aromatic N) is 2. The van der Waals surface area contributed by atoms with Crippen LogP contribution in [0.4, 0.5) is 0 Å². The largest absolute Gasteiger partial charge is 0.304 e. The Morgan fingerprint density at radius 2 is 1.85 bits per heavy atom. The molecule has 100 valence electrons. The zero-order valence-corrected chi connectivity index (χ0v) is 11.9. The van der Waals surface area contributed by atoms with Gasteiger partial charge in [0, 0.05) is 17.5 Å². The van der Waals surface area contributed by atoms with Crippen molar-refractivity contribution >= 4 is 11.7 Å². The molecule has 20 heavy (non-hydrogen) atoms. The van der Waals surface area contributed by atoms with Crippen LogP contribution < -0.4 is 0 Å². The zero-order chi connectivity index (χ0) is 13.9. The smallest absolute Gasteiger partial charge is 0.144 e. The zero-order valence-electron chi connectivity index (χ0n) is 11.9. The summed E-state index contributed by atoms with van der Waals surface area (Å²) in [5.74, 6) is 0. The van der Waals surface area contributed by atoms with Gasteiger partial charge in [0.25, 0.3) is 0 Å². The first-order valence-corrected chi connectivity index (χ1v) is 6.90. The molecule has 0 bridgehead atoms. The Morgan fingerprint density at radius 3 is 2.65 bits per heavy atom. The summed E-state index contributed by atoms with van der Waals surface area (Å²) < 4.78 is 2.15. The third-order valence-electron chi connectivity index (χ3n) is 3.65. The van der Waals surface area contributed by atoms with Crippen LogP contribution >= 0.6 is 0 Å². The SMILES string of the molecule is Cc1nc2c(C=CCc3ccccc3)cccn2c1C. The molecule has 0 saturated carbocycles. The van der Waals surface area contributed by atoms with Crippen molar-refractivity contribution in [1.29, 1.82) is 0 Å². The van der Waals surface area contributed by atoms with E-state index in [9.17, 15) is 0 Å². The summed E-state index contributed by atoms with van der Waals surface area (Å²) in [4.78, 5) is 4.65. The molecule has 0 aliphatic heterocycles. The molecule has 2 aromatic heterocycles. The fourth-order valence-electron chi connectivity index (χ4n) is 2.39. The van der Waals surface area contributed by atoms with Crippen molar-refractivity contribution in [3.05, 3.63) is 77.3 Å². The lowest BCUT2D eigenvalue weighted by Gasteiger charge is -2.00. The molecule has 0 radical (unpaired) electrons. The molecule has 0 unspecified atom stereocenters. The Labute approximate surface area is 119 Å². The first-order valence-electron chi connectivity index (χ1n) is 6.90. The van der Waals surface area contributed by atoms with Crippen molar-refractivity contribution < 1.29 is 0 Å². The molecule has 0 N–H and O–H groups in total. The van der Waals surface area contributed by atoms with Crippen molar-refractivity contribution in [1.82, 2.24) is 9.38 Å². The van der Waals surface area contributed by atoms with Crippen LogP contribution in [0.5, 0.6) is 0 Å². The fraction of sp³-hybridized carbons (Fsp3) is 0.167. The van der Waals surface area contributed by atoms with Gasteiger partial charge in [-0.05, 0) is 38.0 Å². The average Bonchev–Trinajstić information content (AvgIpc) is 2.77. The summed E-state index contributed by atoms with van der Waals surface area (Å²) in [5.41, 5.74) is 5.82. The van der Waals surface area contributed by atoms with Crippen LogP contribution in [0.2, 0.25) is 0 Å². The number of hydrogen-bond donors (Lipinski definition) is 0. The quantitative estimate of drug-likeness (QED) is 0.691. The topological polar surface area (TPSA) is 17.3 Å². The van der Waals surface area contributed by atoms with Gasteiger partial charge < -0.3 is 4.40 Å². The first kappa shape index (κ1) is 12.7. The minimum atomic E-state index is 0.945. The second kappa shape index (κ2) is 5.33. The number of hydrogen-bond acceptors (Lipinski definition) is 1. The van der Waals surface area contributed by atoms with Gasteiger partial charge in [-0.2, -0.15) is 0 Å². The van der Waals surface area contributed by atoms with Gasteiger partial charge in [-0.25, -0.2) is 4.98 Å². The van der Waals surface area contributed by atoms with Crippen molar-refractivity contribution in [2.45, 2.75) is 20.3 Å². The maximum absolute atomic E-state index is 4.65. The van der Waals surface area contributed by atoms with Crippen molar-refractivity contribution in [2.75, 3.05) is 0 Å². The molecule has 0 atom stereocenters. The molecule has 0 fully saturated rings. The van der Waals surface area contributed by atoms with Gasteiger partial charge in [0.2, 0.25) is 0 Å². The molecule has 0 aliphatic rings. The van der Waals surface area contributed by atoms with Crippen LogP contribution in [0.3, 0.4) is 0 Å². The molecule has 2 heterocycles. The predicted molar refractivity (Wildman–Crippen MR) is 83.8 cm³/mol. The molecule has 0 amide bonds. The van der Waals surface area contributed by atoms with Gasteiger partial charge in [-0.1, -0.05) is 42.5 Å². The van der Waals surface area contributed by atoms with Gasteiger partial charge in [0.1, 0.15) is 5.65 Å². The van der Waals surface area contributed by atoms with Crippen LogP contribution in [0.15, 0.2) is 54.7 Å². The van der Waals surface area contributed by atoms with Gasteiger partial charge >= 0.3 is 0 Å². The molecular weight excluding hydrogens is 244 g/mol. The standard InChI is InChI=1S/C18H18N2/c1-14-15(2)20-13-7-12-17(18(20)19-14)11-6-10-16-8-4-3-5-9-16/h3-9,11-13H,10H2,1-2H3. The van der Waals surface area contributed by atoms with Crippen LogP contribution in [0, 0.1) is 13.8 Å². The molecule has 3 aromatic rings. The number of pyridine rings is 1. The van der Waals surface area contributed by atoms with Gasteiger partial charge in [-0.3, -0.25) is 0 Å². The normalized spacial score (nSPS) is 11.5. The lowest BCUT2D eigenvalue weighted by Crippen LogP contribution is -1.89. The number of aromatic nitrogens is 2. The van der Waals surface area contributed by atoms with Gasteiger partial charge in [0.05, 0.1) is 5.69 Å². The van der Waals surface area contributed by atoms with Crippen molar-refractivity contribution in [3.63, 3.8) is 0 Å². The number of aryl methyl sites for hydroxylation is 2. The molecule has 0 spiro atoms. The van der Waals surface area contributed by atoms with E-state index in [0.29, 0.717) is 0 Å². The number of benzene rings is 1. The van der Waals surface area contributed by atoms with E-state index in [2.05, 4.69) is 78.0 Å². The minimum Gasteiger partial charge on any atom is -0.304 e. The highest BCUT2D eigenvalue weighted by molar-refractivity contribution is 5.66. The van der Waals surface area contributed by atoms with E-state index in [-0.39, 0.29) is 0 Å². The van der Waals surface area contributed by atoms with E-state index in [1.807, 2.05) is 6.07 Å². The second-order valence-corrected chi connectivity index (χ2v) is 5.03. The maximum atomic E-state index is 4.65. The van der Waals surface area contributed by atoms with E-state index < -0.39 is 0 Å². The Balaban J connectivity index is 1.89. The lowest BCUT2D eigenvalue weighted by molar-refractivity contribution is 1.09. The summed E-state index contributed by atoms with van der Waals surface area (Å²) in [6.07, 6.45) is 7.37. The van der Waals surface area contributed by atoms with E-state index >= 15 is 0 Å². The first-order chi connectivity index (χ1) is 9.75. The molecule has 1 aromatic carbocycles. The highest BCUT2D eigenvalue weighted by Crippen LogP contribution is 2.16. The van der Waals surface area contributed by atoms with E-state index in [1.54, 1.807) is 0 Å². The summed E-state index contributed by atoms with van der Waals surface area (Å²) in [5, 5.41) is 0. The van der Waals surface area contributed by atoms with Crippen LogP contribution in [0.1, 0.15) is 22.5 Å².